The Kier molecular flexibility index (Phi) is 8.50. The maximum atomic E-state index is 13.2. The molecule has 2 heterocycles. The average Bonchev–Trinajstić information content (AvgIpc) is 3.39. The third kappa shape index (κ3) is 6.81. The number of nitrogens with zero attached hydrogens (tertiary/aromatic N) is 2. The van der Waals surface area contributed by atoms with Gasteiger partial charge in [0.25, 0.3) is 5.69 Å². The third-order valence-corrected chi connectivity index (χ3v) is 7.04. The summed E-state index contributed by atoms with van der Waals surface area (Å²) in [7, 11) is 0. The number of nitro benzene ring substituents is 1. The third-order valence-electron chi connectivity index (χ3n) is 7.04. The molecule has 0 aliphatic carbocycles. The SMILES string of the molecule is O=C(C[C@@H](c1cccc(OCc2ccccc2)c1)c1c[nH]c2ccc([N+](=O)[O-])cc12)NCCN1CCOCC1. The molecule has 3 aromatic carbocycles. The predicted octanol–water partition coefficient (Wildman–Crippen LogP) is 4.63. The number of ether oxygens (including phenoxy) is 2. The van der Waals surface area contributed by atoms with Crippen molar-refractivity contribution in [1.82, 2.24) is 15.2 Å². The zero-order valence-corrected chi connectivity index (χ0v) is 21.7. The molecule has 9 heteroatoms. The molecule has 202 valence electrons. The summed E-state index contributed by atoms with van der Waals surface area (Å²) < 4.78 is 11.5. The number of hydrogen-bond acceptors (Lipinski definition) is 6. The quantitative estimate of drug-likeness (QED) is 0.217. The van der Waals surface area contributed by atoms with Crippen molar-refractivity contribution in [3.63, 3.8) is 0 Å². The number of amides is 1. The highest BCUT2D eigenvalue weighted by Crippen LogP contribution is 2.36. The van der Waals surface area contributed by atoms with Gasteiger partial charge in [-0.05, 0) is 34.9 Å². The number of nitrogens with one attached hydrogen (secondary N) is 2. The largest absolute Gasteiger partial charge is 0.489 e. The second-order valence-corrected chi connectivity index (χ2v) is 9.64. The van der Waals surface area contributed by atoms with E-state index in [1.807, 2.05) is 60.8 Å². The molecule has 1 amide bonds. The van der Waals surface area contributed by atoms with Crippen LogP contribution in [0.25, 0.3) is 10.9 Å². The number of rotatable bonds is 11. The van der Waals surface area contributed by atoms with Crippen LogP contribution in [0.3, 0.4) is 0 Å². The number of aromatic nitrogens is 1. The van der Waals surface area contributed by atoms with E-state index in [-0.39, 0.29) is 23.9 Å². The van der Waals surface area contributed by atoms with Crippen LogP contribution < -0.4 is 10.1 Å². The average molecular weight is 529 g/mol. The Hall–Kier alpha value is -4.21. The molecule has 0 saturated carbocycles. The molecule has 2 N–H and O–H groups in total. The molecule has 4 aromatic rings. The zero-order valence-electron chi connectivity index (χ0n) is 21.7. The van der Waals surface area contributed by atoms with Crippen LogP contribution in [0.15, 0.2) is 79.0 Å². The lowest BCUT2D eigenvalue weighted by molar-refractivity contribution is -0.384. The molecule has 39 heavy (non-hydrogen) atoms. The molecule has 0 bridgehead atoms. The molecular formula is C30H32N4O5. The van der Waals surface area contributed by atoms with Gasteiger partial charge in [-0.3, -0.25) is 19.8 Å². The number of hydrogen-bond donors (Lipinski definition) is 2. The van der Waals surface area contributed by atoms with Crippen molar-refractivity contribution >= 4 is 22.5 Å². The Morgan fingerprint density at radius 3 is 2.69 bits per heavy atom. The minimum absolute atomic E-state index is 0.0111. The lowest BCUT2D eigenvalue weighted by Crippen LogP contribution is -2.41. The minimum Gasteiger partial charge on any atom is -0.489 e. The van der Waals surface area contributed by atoms with Crippen molar-refractivity contribution in [2.75, 3.05) is 39.4 Å². The van der Waals surface area contributed by atoms with Gasteiger partial charge in [0, 0.05) is 67.8 Å². The minimum atomic E-state index is -0.401. The van der Waals surface area contributed by atoms with E-state index in [1.54, 1.807) is 12.1 Å². The Balaban J connectivity index is 1.38. The van der Waals surface area contributed by atoms with Crippen LogP contribution in [0.5, 0.6) is 5.75 Å². The molecule has 5 rings (SSSR count). The first-order valence-electron chi connectivity index (χ1n) is 13.2. The molecule has 0 spiro atoms. The van der Waals surface area contributed by atoms with E-state index in [0.29, 0.717) is 32.1 Å². The highest BCUT2D eigenvalue weighted by Gasteiger charge is 2.23. The second-order valence-electron chi connectivity index (χ2n) is 9.64. The Labute approximate surface area is 226 Å². The van der Waals surface area contributed by atoms with Gasteiger partial charge < -0.3 is 19.8 Å². The predicted molar refractivity (Wildman–Crippen MR) is 149 cm³/mol. The summed E-state index contributed by atoms with van der Waals surface area (Å²) in [5, 5.41) is 15.3. The summed E-state index contributed by atoms with van der Waals surface area (Å²) >= 11 is 0. The van der Waals surface area contributed by atoms with Crippen LogP contribution in [0.2, 0.25) is 0 Å². The molecule has 9 nitrogen and oxygen atoms in total. The van der Waals surface area contributed by atoms with E-state index >= 15 is 0 Å². The highest BCUT2D eigenvalue weighted by molar-refractivity contribution is 5.87. The fraction of sp³-hybridized carbons (Fsp3) is 0.300. The monoisotopic (exact) mass is 528 g/mol. The van der Waals surface area contributed by atoms with Gasteiger partial charge in [0.1, 0.15) is 12.4 Å². The van der Waals surface area contributed by atoms with Gasteiger partial charge in [-0.15, -0.1) is 0 Å². The summed E-state index contributed by atoms with van der Waals surface area (Å²) in [5.74, 6) is 0.285. The fourth-order valence-electron chi connectivity index (χ4n) is 4.94. The van der Waals surface area contributed by atoms with E-state index in [9.17, 15) is 14.9 Å². The first-order chi connectivity index (χ1) is 19.1. The molecular weight excluding hydrogens is 496 g/mol. The number of nitro groups is 1. The second kappa shape index (κ2) is 12.6. The number of carbonyl (C=O) groups excluding carboxylic acids is 1. The number of carbonyl (C=O) groups is 1. The van der Waals surface area contributed by atoms with Crippen molar-refractivity contribution in [3.8, 4) is 5.75 Å². The van der Waals surface area contributed by atoms with Gasteiger partial charge in [0.05, 0.1) is 18.1 Å². The normalized spacial score (nSPS) is 14.7. The van der Waals surface area contributed by atoms with E-state index in [2.05, 4.69) is 15.2 Å². The molecule has 1 saturated heterocycles. The summed E-state index contributed by atoms with van der Waals surface area (Å²) in [4.78, 5) is 29.7. The maximum Gasteiger partial charge on any atom is 0.270 e. The number of morpholine rings is 1. The first-order valence-corrected chi connectivity index (χ1v) is 13.2. The van der Waals surface area contributed by atoms with Crippen molar-refractivity contribution in [3.05, 3.63) is 106 Å². The van der Waals surface area contributed by atoms with Crippen LogP contribution in [0, 0.1) is 10.1 Å². The van der Waals surface area contributed by atoms with Crippen LogP contribution >= 0.6 is 0 Å². The molecule has 0 radical (unpaired) electrons. The number of aromatic amines is 1. The Bertz CT molecular complexity index is 1420. The highest BCUT2D eigenvalue weighted by atomic mass is 16.6. The first kappa shape index (κ1) is 26.4. The van der Waals surface area contributed by atoms with Crippen molar-refractivity contribution < 1.29 is 19.2 Å². The van der Waals surface area contributed by atoms with Crippen LogP contribution in [0.1, 0.15) is 29.0 Å². The maximum absolute atomic E-state index is 13.2. The lowest BCUT2D eigenvalue weighted by Gasteiger charge is -2.26. The van der Waals surface area contributed by atoms with Gasteiger partial charge in [-0.25, -0.2) is 0 Å². The van der Waals surface area contributed by atoms with Crippen LogP contribution in [-0.4, -0.2) is 60.1 Å². The summed E-state index contributed by atoms with van der Waals surface area (Å²) in [6, 6.07) is 22.4. The van der Waals surface area contributed by atoms with Gasteiger partial charge in [-0.1, -0.05) is 42.5 Å². The van der Waals surface area contributed by atoms with Crippen molar-refractivity contribution in [1.29, 1.82) is 0 Å². The molecule has 1 aliphatic heterocycles. The van der Waals surface area contributed by atoms with E-state index in [1.165, 1.54) is 6.07 Å². The smallest absolute Gasteiger partial charge is 0.270 e. The molecule has 1 fully saturated rings. The molecule has 0 unspecified atom stereocenters. The number of fused-ring (bicyclic) bond motifs is 1. The van der Waals surface area contributed by atoms with E-state index in [4.69, 9.17) is 9.47 Å². The molecule has 1 aromatic heterocycles. The van der Waals surface area contributed by atoms with Gasteiger partial charge >= 0.3 is 0 Å². The Morgan fingerprint density at radius 2 is 1.90 bits per heavy atom. The fourth-order valence-corrected chi connectivity index (χ4v) is 4.94. The van der Waals surface area contributed by atoms with Gasteiger partial charge in [0.2, 0.25) is 5.91 Å². The van der Waals surface area contributed by atoms with Gasteiger partial charge in [0.15, 0.2) is 0 Å². The summed E-state index contributed by atoms with van der Waals surface area (Å²) in [5.41, 5.74) is 3.58. The number of benzene rings is 3. The van der Waals surface area contributed by atoms with Crippen molar-refractivity contribution in [2.45, 2.75) is 18.9 Å². The zero-order chi connectivity index (χ0) is 27.0. The summed E-state index contributed by atoms with van der Waals surface area (Å²) in [6.07, 6.45) is 2.04. The summed E-state index contributed by atoms with van der Waals surface area (Å²) in [6.45, 7) is 4.89. The van der Waals surface area contributed by atoms with E-state index in [0.717, 1.165) is 47.2 Å². The molecule has 1 aliphatic rings. The van der Waals surface area contributed by atoms with Crippen molar-refractivity contribution in [2.24, 2.45) is 0 Å². The number of non-ortho nitro benzene ring substituents is 1. The number of H-pyrrole nitrogens is 1. The van der Waals surface area contributed by atoms with Crippen LogP contribution in [0.4, 0.5) is 5.69 Å². The Morgan fingerprint density at radius 1 is 1.08 bits per heavy atom. The van der Waals surface area contributed by atoms with Crippen LogP contribution in [-0.2, 0) is 16.1 Å². The lowest BCUT2D eigenvalue weighted by atomic mass is 9.87. The topological polar surface area (TPSA) is 110 Å². The van der Waals surface area contributed by atoms with Gasteiger partial charge in [-0.2, -0.15) is 0 Å². The standard InChI is InChI=1S/C30H32N4O5/c35-30(31-11-12-33-13-15-38-16-14-33)19-26(28-20-32-29-10-9-24(34(36)37)18-27(28)29)23-7-4-8-25(17-23)39-21-22-5-2-1-3-6-22/h1-10,17-18,20,26,32H,11-16,19,21H2,(H,31,35)/t26-/m0/s1. The molecule has 1 atom stereocenters. The van der Waals surface area contributed by atoms with E-state index < -0.39 is 4.92 Å².